The minimum atomic E-state index is -0.357. The van der Waals surface area contributed by atoms with E-state index in [0.29, 0.717) is 5.92 Å². The molecule has 0 aromatic heterocycles. The van der Waals surface area contributed by atoms with Gasteiger partial charge in [0.1, 0.15) is 12.1 Å². The molecule has 0 aromatic carbocycles. The molecule has 4 nitrogen and oxygen atoms in total. The summed E-state index contributed by atoms with van der Waals surface area (Å²) in [5.41, 5.74) is -0.238. The largest absolute Gasteiger partial charge is 0.342 e. The SMILES string of the molecule is CCC(C)N1C(=O)C(C2CC2)NC(=O)C1C(C)(C)C. The van der Waals surface area contributed by atoms with Crippen LogP contribution < -0.4 is 5.32 Å². The summed E-state index contributed by atoms with van der Waals surface area (Å²) in [7, 11) is 0. The van der Waals surface area contributed by atoms with E-state index in [0.717, 1.165) is 19.3 Å². The molecule has 2 amide bonds. The Bertz CT molecular complexity index is 382. The Hall–Kier alpha value is -1.06. The van der Waals surface area contributed by atoms with E-state index >= 15 is 0 Å². The number of carbonyl (C=O) groups excluding carboxylic acids is 2. The number of piperazine rings is 1. The van der Waals surface area contributed by atoms with Crippen LogP contribution in [0.25, 0.3) is 0 Å². The fourth-order valence-corrected chi connectivity index (χ4v) is 2.94. The van der Waals surface area contributed by atoms with Gasteiger partial charge in [-0.3, -0.25) is 9.59 Å². The molecule has 1 aliphatic heterocycles. The lowest BCUT2D eigenvalue weighted by Gasteiger charge is -2.47. The number of hydrogen-bond acceptors (Lipinski definition) is 2. The second kappa shape index (κ2) is 4.80. The van der Waals surface area contributed by atoms with Crippen LogP contribution in [0.1, 0.15) is 53.9 Å². The van der Waals surface area contributed by atoms with E-state index in [4.69, 9.17) is 0 Å². The van der Waals surface area contributed by atoms with Crippen molar-refractivity contribution >= 4 is 11.8 Å². The third-order valence-corrected chi connectivity index (χ3v) is 4.32. The Balaban J connectivity index is 2.32. The molecule has 1 saturated heterocycles. The van der Waals surface area contributed by atoms with Crippen molar-refractivity contribution in [2.75, 3.05) is 0 Å². The zero-order chi connectivity index (χ0) is 14.4. The summed E-state index contributed by atoms with van der Waals surface area (Å²) < 4.78 is 0. The Labute approximate surface area is 115 Å². The highest BCUT2D eigenvalue weighted by molar-refractivity contribution is 5.98. The van der Waals surface area contributed by atoms with E-state index in [1.807, 2.05) is 32.6 Å². The van der Waals surface area contributed by atoms with Crippen LogP contribution in [0.15, 0.2) is 0 Å². The number of amides is 2. The Morgan fingerprint density at radius 1 is 1.32 bits per heavy atom. The molecule has 108 valence electrons. The van der Waals surface area contributed by atoms with Gasteiger partial charge >= 0.3 is 0 Å². The molecule has 0 spiro atoms. The lowest BCUT2D eigenvalue weighted by molar-refractivity contribution is -0.157. The van der Waals surface area contributed by atoms with E-state index in [9.17, 15) is 9.59 Å². The molecule has 0 radical (unpaired) electrons. The topological polar surface area (TPSA) is 49.4 Å². The predicted octanol–water partition coefficient (Wildman–Crippen LogP) is 1.94. The molecule has 1 saturated carbocycles. The highest BCUT2D eigenvalue weighted by Gasteiger charge is 2.51. The number of hydrogen-bond donors (Lipinski definition) is 1. The Kier molecular flexibility index (Phi) is 3.63. The molecular formula is C15H26N2O2. The fourth-order valence-electron chi connectivity index (χ4n) is 2.94. The van der Waals surface area contributed by atoms with Gasteiger partial charge < -0.3 is 10.2 Å². The van der Waals surface area contributed by atoms with Crippen LogP contribution >= 0.6 is 0 Å². The maximum Gasteiger partial charge on any atom is 0.246 e. The number of rotatable bonds is 3. The van der Waals surface area contributed by atoms with Gasteiger partial charge in [0.2, 0.25) is 11.8 Å². The van der Waals surface area contributed by atoms with Gasteiger partial charge in [-0.15, -0.1) is 0 Å². The lowest BCUT2D eigenvalue weighted by Crippen LogP contribution is -2.69. The summed E-state index contributed by atoms with van der Waals surface area (Å²) in [6.45, 7) is 10.2. The van der Waals surface area contributed by atoms with Crippen molar-refractivity contribution in [1.82, 2.24) is 10.2 Å². The van der Waals surface area contributed by atoms with Crippen molar-refractivity contribution in [2.45, 2.75) is 72.0 Å². The summed E-state index contributed by atoms with van der Waals surface area (Å²) >= 11 is 0. The van der Waals surface area contributed by atoms with E-state index < -0.39 is 0 Å². The van der Waals surface area contributed by atoms with Gasteiger partial charge in [-0.05, 0) is 37.5 Å². The number of nitrogens with one attached hydrogen (secondary N) is 1. The maximum absolute atomic E-state index is 12.7. The van der Waals surface area contributed by atoms with E-state index in [-0.39, 0.29) is 35.4 Å². The van der Waals surface area contributed by atoms with Crippen LogP contribution in [0.3, 0.4) is 0 Å². The molecule has 2 fully saturated rings. The van der Waals surface area contributed by atoms with Crippen LogP contribution in [-0.4, -0.2) is 34.8 Å². The molecule has 0 aromatic rings. The highest BCUT2D eigenvalue weighted by Crippen LogP contribution is 2.38. The van der Waals surface area contributed by atoms with Gasteiger partial charge in [0, 0.05) is 6.04 Å². The first kappa shape index (κ1) is 14.4. The van der Waals surface area contributed by atoms with Crippen LogP contribution in [0.4, 0.5) is 0 Å². The third kappa shape index (κ3) is 2.63. The lowest BCUT2D eigenvalue weighted by atomic mass is 9.81. The smallest absolute Gasteiger partial charge is 0.246 e. The average molecular weight is 266 g/mol. The van der Waals surface area contributed by atoms with Crippen molar-refractivity contribution in [1.29, 1.82) is 0 Å². The zero-order valence-electron chi connectivity index (χ0n) is 12.7. The molecule has 19 heavy (non-hydrogen) atoms. The van der Waals surface area contributed by atoms with Gasteiger partial charge in [0.15, 0.2) is 0 Å². The molecule has 3 atom stereocenters. The molecule has 1 heterocycles. The first-order chi connectivity index (χ1) is 8.77. The molecule has 4 heteroatoms. The minimum Gasteiger partial charge on any atom is -0.342 e. The summed E-state index contributed by atoms with van der Waals surface area (Å²) in [4.78, 5) is 27.0. The van der Waals surface area contributed by atoms with E-state index in [1.165, 1.54) is 0 Å². The maximum atomic E-state index is 12.7. The number of carbonyl (C=O) groups is 2. The number of nitrogens with zero attached hydrogens (tertiary/aromatic N) is 1. The molecule has 2 rings (SSSR count). The third-order valence-electron chi connectivity index (χ3n) is 4.32. The summed E-state index contributed by atoms with van der Waals surface area (Å²) in [5, 5.41) is 2.96. The minimum absolute atomic E-state index is 0.0179. The van der Waals surface area contributed by atoms with Gasteiger partial charge in [0.25, 0.3) is 0 Å². The van der Waals surface area contributed by atoms with Crippen LogP contribution in [0.5, 0.6) is 0 Å². The van der Waals surface area contributed by atoms with Gasteiger partial charge in [-0.25, -0.2) is 0 Å². The van der Waals surface area contributed by atoms with Crippen LogP contribution in [-0.2, 0) is 9.59 Å². The molecule has 0 bridgehead atoms. The normalized spacial score (nSPS) is 30.3. The van der Waals surface area contributed by atoms with Gasteiger partial charge in [-0.1, -0.05) is 27.7 Å². The molecule has 1 N–H and O–H groups in total. The average Bonchev–Trinajstić information content (AvgIpc) is 3.12. The monoisotopic (exact) mass is 266 g/mol. The summed E-state index contributed by atoms with van der Waals surface area (Å²) in [6, 6.07) is -0.519. The fraction of sp³-hybridized carbons (Fsp3) is 0.867. The predicted molar refractivity (Wildman–Crippen MR) is 74.5 cm³/mol. The summed E-state index contributed by atoms with van der Waals surface area (Å²) in [6.07, 6.45) is 3.00. The Morgan fingerprint density at radius 3 is 2.32 bits per heavy atom. The van der Waals surface area contributed by atoms with E-state index in [2.05, 4.69) is 12.2 Å². The van der Waals surface area contributed by atoms with Crippen molar-refractivity contribution in [2.24, 2.45) is 11.3 Å². The zero-order valence-corrected chi connectivity index (χ0v) is 12.7. The molecule has 2 aliphatic rings. The van der Waals surface area contributed by atoms with E-state index in [1.54, 1.807) is 0 Å². The van der Waals surface area contributed by atoms with Crippen LogP contribution in [0, 0.1) is 11.3 Å². The van der Waals surface area contributed by atoms with Gasteiger partial charge in [-0.2, -0.15) is 0 Å². The van der Waals surface area contributed by atoms with Crippen molar-refractivity contribution in [3.63, 3.8) is 0 Å². The Morgan fingerprint density at radius 2 is 1.89 bits per heavy atom. The highest BCUT2D eigenvalue weighted by atomic mass is 16.2. The quantitative estimate of drug-likeness (QED) is 0.848. The van der Waals surface area contributed by atoms with Crippen molar-refractivity contribution in [3.8, 4) is 0 Å². The second-order valence-corrected chi connectivity index (χ2v) is 7.10. The molecule has 3 unspecified atom stereocenters. The molecule has 1 aliphatic carbocycles. The second-order valence-electron chi connectivity index (χ2n) is 7.10. The molecular weight excluding hydrogens is 240 g/mol. The first-order valence-corrected chi connectivity index (χ1v) is 7.40. The first-order valence-electron chi connectivity index (χ1n) is 7.40. The van der Waals surface area contributed by atoms with Crippen molar-refractivity contribution < 1.29 is 9.59 Å². The standard InChI is InChI=1S/C15H26N2O2/c1-6-9(2)17-12(15(3,4)5)13(18)16-11(14(17)19)10-7-8-10/h9-12H,6-8H2,1-5H3,(H,16,18). The summed E-state index contributed by atoms with van der Waals surface area (Å²) in [5.74, 6) is 0.504. The van der Waals surface area contributed by atoms with Crippen LogP contribution in [0.2, 0.25) is 0 Å². The van der Waals surface area contributed by atoms with Gasteiger partial charge in [0.05, 0.1) is 0 Å². The van der Waals surface area contributed by atoms with Crippen molar-refractivity contribution in [3.05, 3.63) is 0 Å².